The van der Waals surface area contributed by atoms with Crippen LogP contribution >= 0.6 is 0 Å². The summed E-state index contributed by atoms with van der Waals surface area (Å²) in [5.41, 5.74) is 6.98. The number of carbonyl (C=O) groups is 2. The molecule has 0 bridgehead atoms. The minimum Gasteiger partial charge on any atom is -0.273 e. The van der Waals surface area contributed by atoms with Crippen molar-refractivity contribution in [3.05, 3.63) is 71.8 Å². The Morgan fingerprint density at radius 2 is 1.00 bits per heavy atom. The summed E-state index contributed by atoms with van der Waals surface area (Å²) in [5.74, 6) is -0.152. The zero-order chi connectivity index (χ0) is 20.6. The molecule has 0 unspecified atom stereocenters. The summed E-state index contributed by atoms with van der Waals surface area (Å²) in [5, 5.41) is 7.91. The second-order valence-corrected chi connectivity index (χ2v) is 6.68. The molecule has 0 fully saturated rings. The van der Waals surface area contributed by atoms with Gasteiger partial charge in [-0.05, 0) is 24.0 Å². The van der Waals surface area contributed by atoms with E-state index >= 15 is 0 Å². The zero-order valence-corrected chi connectivity index (χ0v) is 16.6. The maximum absolute atomic E-state index is 11.7. The average molecular weight is 393 g/mol. The highest BCUT2D eigenvalue weighted by molar-refractivity contribution is 5.82. The normalized spacial score (nSPS) is 11.0. The summed E-state index contributed by atoms with van der Waals surface area (Å²) in [4.78, 5) is 23.4. The molecule has 0 aliphatic carbocycles. The molecule has 0 aliphatic heterocycles. The summed E-state index contributed by atoms with van der Waals surface area (Å²) < 4.78 is 0. The number of hydrogen-bond acceptors (Lipinski definition) is 4. The van der Waals surface area contributed by atoms with Crippen molar-refractivity contribution in [3.63, 3.8) is 0 Å². The summed E-state index contributed by atoms with van der Waals surface area (Å²) >= 11 is 0. The molecule has 6 heteroatoms. The molecule has 0 radical (unpaired) electrons. The van der Waals surface area contributed by atoms with Gasteiger partial charge in [0.2, 0.25) is 11.8 Å². The molecule has 2 aromatic carbocycles. The van der Waals surface area contributed by atoms with Gasteiger partial charge in [0.15, 0.2) is 0 Å². The highest BCUT2D eigenvalue weighted by atomic mass is 16.2. The number of benzene rings is 2. The lowest BCUT2D eigenvalue weighted by molar-refractivity contribution is -0.121. The fourth-order valence-corrected chi connectivity index (χ4v) is 2.65. The molecule has 29 heavy (non-hydrogen) atoms. The van der Waals surface area contributed by atoms with E-state index in [9.17, 15) is 9.59 Å². The van der Waals surface area contributed by atoms with Crippen LogP contribution in [0.2, 0.25) is 0 Å². The van der Waals surface area contributed by atoms with E-state index in [0.29, 0.717) is 12.8 Å². The second kappa shape index (κ2) is 13.8. The maximum atomic E-state index is 11.7. The zero-order valence-electron chi connectivity index (χ0n) is 16.6. The Bertz CT molecular complexity index is 722. The first-order valence-corrected chi connectivity index (χ1v) is 9.98. The molecular weight excluding hydrogens is 364 g/mol. The van der Waals surface area contributed by atoms with Gasteiger partial charge in [-0.3, -0.25) is 9.59 Å². The molecule has 2 aromatic rings. The largest absolute Gasteiger partial charge is 0.273 e. The first-order chi connectivity index (χ1) is 14.2. The highest BCUT2D eigenvalue weighted by Gasteiger charge is 2.01. The molecule has 2 N–H and O–H groups in total. The number of nitrogens with one attached hydrogen (secondary N) is 2. The number of nitrogens with zero attached hydrogens (tertiary/aromatic N) is 2. The lowest BCUT2D eigenvalue weighted by Crippen LogP contribution is -2.17. The molecule has 2 rings (SSSR count). The Labute approximate surface area is 172 Å². The molecule has 152 valence electrons. The third-order valence-corrected chi connectivity index (χ3v) is 4.21. The van der Waals surface area contributed by atoms with Crippen molar-refractivity contribution in [2.45, 2.75) is 44.9 Å². The number of carbonyl (C=O) groups excluding carboxylic acids is 2. The van der Waals surface area contributed by atoms with Crippen molar-refractivity contribution < 1.29 is 9.59 Å². The van der Waals surface area contributed by atoms with Gasteiger partial charge < -0.3 is 0 Å². The van der Waals surface area contributed by atoms with Crippen molar-refractivity contribution in [2.24, 2.45) is 10.2 Å². The fourth-order valence-electron chi connectivity index (χ4n) is 2.65. The number of amides is 2. The van der Waals surface area contributed by atoms with E-state index in [-0.39, 0.29) is 11.8 Å². The number of hydrogen-bond donors (Lipinski definition) is 2. The number of rotatable bonds is 12. The Morgan fingerprint density at radius 1 is 0.621 bits per heavy atom. The molecule has 0 atom stereocenters. The molecule has 0 saturated carbocycles. The lowest BCUT2D eigenvalue weighted by atomic mass is 10.1. The molecule has 0 spiro atoms. The Kier molecular flexibility index (Phi) is 10.5. The van der Waals surface area contributed by atoms with Gasteiger partial charge in [0.1, 0.15) is 0 Å². The van der Waals surface area contributed by atoms with Crippen LogP contribution in [-0.4, -0.2) is 24.2 Å². The van der Waals surface area contributed by atoms with Crippen molar-refractivity contribution in [2.75, 3.05) is 0 Å². The van der Waals surface area contributed by atoms with Crippen LogP contribution in [0.4, 0.5) is 0 Å². The molecule has 0 heterocycles. The van der Waals surface area contributed by atoms with Crippen molar-refractivity contribution in [3.8, 4) is 0 Å². The number of hydrazone groups is 2. The molecule has 6 nitrogen and oxygen atoms in total. The summed E-state index contributed by atoms with van der Waals surface area (Å²) in [6.45, 7) is 0. The van der Waals surface area contributed by atoms with Crippen molar-refractivity contribution in [1.82, 2.24) is 10.9 Å². The SMILES string of the molecule is O=C(CCCCCCCC(=O)N/N=C\c1ccccc1)NN=Cc1ccccc1. The molecule has 0 aliphatic rings. The van der Waals surface area contributed by atoms with Crippen LogP contribution in [-0.2, 0) is 9.59 Å². The minimum atomic E-state index is -0.0761. The third-order valence-electron chi connectivity index (χ3n) is 4.21. The van der Waals surface area contributed by atoms with E-state index < -0.39 is 0 Å². The molecule has 0 saturated heterocycles. The van der Waals surface area contributed by atoms with Gasteiger partial charge in [0.25, 0.3) is 0 Å². The average Bonchev–Trinajstić information content (AvgIpc) is 2.74. The second-order valence-electron chi connectivity index (χ2n) is 6.68. The predicted octanol–water partition coefficient (Wildman–Crippen LogP) is 4.02. The van der Waals surface area contributed by atoms with E-state index in [1.54, 1.807) is 12.4 Å². The predicted molar refractivity (Wildman–Crippen MR) is 117 cm³/mol. The third kappa shape index (κ3) is 10.6. The van der Waals surface area contributed by atoms with E-state index in [1.165, 1.54) is 0 Å². The standard InChI is InChI=1S/C23H28N4O2/c28-22(26-24-18-20-12-6-4-7-13-20)16-10-2-1-3-11-17-23(29)27-25-19-21-14-8-5-9-15-21/h4-9,12-15,18-19H,1-3,10-11,16-17H2,(H,26,28)(H,27,29)/b24-18-,25-19?. The van der Waals surface area contributed by atoms with Gasteiger partial charge in [-0.1, -0.05) is 79.9 Å². The summed E-state index contributed by atoms with van der Waals surface area (Å²) in [6.07, 6.45) is 8.75. The van der Waals surface area contributed by atoms with Crippen LogP contribution in [0.3, 0.4) is 0 Å². The van der Waals surface area contributed by atoms with E-state index in [4.69, 9.17) is 0 Å². The first kappa shape index (κ1) is 22.0. The van der Waals surface area contributed by atoms with Crippen molar-refractivity contribution >= 4 is 24.2 Å². The van der Waals surface area contributed by atoms with E-state index in [2.05, 4.69) is 21.1 Å². The maximum Gasteiger partial charge on any atom is 0.240 e. The van der Waals surface area contributed by atoms with Crippen LogP contribution in [0, 0.1) is 0 Å². The molecular formula is C23H28N4O2. The molecule has 2 amide bonds. The number of unbranched alkanes of at least 4 members (excludes halogenated alkanes) is 4. The van der Waals surface area contributed by atoms with Crippen LogP contribution < -0.4 is 10.9 Å². The van der Waals surface area contributed by atoms with Gasteiger partial charge in [-0.2, -0.15) is 10.2 Å². The van der Waals surface area contributed by atoms with Crippen LogP contribution in [0.25, 0.3) is 0 Å². The summed E-state index contributed by atoms with van der Waals surface area (Å²) in [6, 6.07) is 19.2. The van der Waals surface area contributed by atoms with Crippen molar-refractivity contribution in [1.29, 1.82) is 0 Å². The molecule has 0 aromatic heterocycles. The van der Waals surface area contributed by atoms with Gasteiger partial charge in [-0.25, -0.2) is 10.9 Å². The quantitative estimate of drug-likeness (QED) is 0.325. The van der Waals surface area contributed by atoms with Gasteiger partial charge in [0, 0.05) is 12.8 Å². The van der Waals surface area contributed by atoms with Gasteiger partial charge in [0.05, 0.1) is 12.4 Å². The van der Waals surface area contributed by atoms with Crippen LogP contribution in [0.1, 0.15) is 56.1 Å². The first-order valence-electron chi connectivity index (χ1n) is 9.98. The van der Waals surface area contributed by atoms with E-state index in [1.807, 2.05) is 60.7 Å². The van der Waals surface area contributed by atoms with Gasteiger partial charge in [-0.15, -0.1) is 0 Å². The van der Waals surface area contributed by atoms with Gasteiger partial charge >= 0.3 is 0 Å². The Morgan fingerprint density at radius 3 is 1.41 bits per heavy atom. The fraction of sp³-hybridized carbons (Fsp3) is 0.304. The van der Waals surface area contributed by atoms with Crippen LogP contribution in [0.5, 0.6) is 0 Å². The van der Waals surface area contributed by atoms with Crippen LogP contribution in [0.15, 0.2) is 70.9 Å². The minimum absolute atomic E-state index is 0.0761. The monoisotopic (exact) mass is 392 g/mol. The lowest BCUT2D eigenvalue weighted by Gasteiger charge is -2.02. The topological polar surface area (TPSA) is 82.9 Å². The highest BCUT2D eigenvalue weighted by Crippen LogP contribution is 2.07. The Balaban J connectivity index is 1.44. The smallest absolute Gasteiger partial charge is 0.240 e. The Hall–Kier alpha value is -3.28. The van der Waals surface area contributed by atoms with E-state index in [0.717, 1.165) is 43.2 Å². The summed E-state index contributed by atoms with van der Waals surface area (Å²) in [7, 11) is 0.